The maximum absolute atomic E-state index is 9.31. The Balaban J connectivity index is 4.19. The zero-order valence-electron chi connectivity index (χ0n) is 9.16. The van der Waals surface area contributed by atoms with E-state index in [1.54, 1.807) is 0 Å². The highest BCUT2D eigenvalue weighted by Crippen LogP contribution is 2.53. The molecule has 6 heteroatoms. The first-order valence-corrected chi connectivity index (χ1v) is 9.39. The van der Waals surface area contributed by atoms with Crippen molar-refractivity contribution in [3.8, 4) is 0 Å². The number of halogens is 5. The molecular formula is C10H17Br5O. The lowest BCUT2D eigenvalue weighted by molar-refractivity contribution is 0.283. The number of rotatable bonds is 8. The predicted octanol–water partition coefficient (Wildman–Crippen LogP) is 5.68. The minimum absolute atomic E-state index is 0.0133. The fourth-order valence-electron chi connectivity index (χ4n) is 1.27. The molecule has 0 aliphatic carbocycles. The number of aliphatic hydroxyl groups is 1. The van der Waals surface area contributed by atoms with Crippen LogP contribution >= 0.6 is 79.6 Å². The average molecular weight is 553 g/mol. The van der Waals surface area contributed by atoms with Gasteiger partial charge in [0.1, 0.15) is 6.47 Å². The van der Waals surface area contributed by atoms with E-state index in [1.807, 2.05) is 0 Å². The predicted molar refractivity (Wildman–Crippen MR) is 89.7 cm³/mol. The van der Waals surface area contributed by atoms with Crippen molar-refractivity contribution in [1.82, 2.24) is 0 Å². The second kappa shape index (κ2) is 8.51. The number of unbranched alkanes of at least 4 members (excludes halogenated alkanes) is 3. The summed E-state index contributed by atoms with van der Waals surface area (Å²) < 4.78 is -1.00. The van der Waals surface area contributed by atoms with Crippen LogP contribution in [-0.4, -0.2) is 23.0 Å². The van der Waals surface area contributed by atoms with Gasteiger partial charge in [-0.3, -0.25) is 0 Å². The van der Waals surface area contributed by atoms with Crippen LogP contribution in [-0.2, 0) is 0 Å². The maximum Gasteiger partial charge on any atom is 0.129 e. The highest BCUT2D eigenvalue weighted by Gasteiger charge is 2.48. The summed E-state index contributed by atoms with van der Waals surface area (Å²) in [7, 11) is 0. The first-order chi connectivity index (χ1) is 7.29. The van der Waals surface area contributed by atoms with Crippen LogP contribution in [0.1, 0.15) is 39.0 Å². The molecule has 0 saturated carbocycles. The smallest absolute Gasteiger partial charge is 0.129 e. The Morgan fingerprint density at radius 3 is 2.06 bits per heavy atom. The van der Waals surface area contributed by atoms with Gasteiger partial charge in [0.05, 0.1) is 6.61 Å². The Morgan fingerprint density at radius 2 is 1.62 bits per heavy atom. The standard InChI is InChI=1S/C10H17Br5O/c1-2-3-4-5-6-8(11)10(14,15)9(12,13)7-16/h8,16H,2-7H2,1H3. The fraction of sp³-hybridized carbons (Fsp3) is 1.00. The molecule has 0 saturated heterocycles. The Morgan fingerprint density at radius 1 is 1.06 bits per heavy atom. The lowest BCUT2D eigenvalue weighted by Crippen LogP contribution is -2.44. The number of hydrogen-bond donors (Lipinski definition) is 1. The zero-order chi connectivity index (χ0) is 12.8. The van der Waals surface area contributed by atoms with Crippen molar-refractivity contribution < 1.29 is 5.11 Å². The summed E-state index contributed by atoms with van der Waals surface area (Å²) in [5.41, 5.74) is 0. The first-order valence-electron chi connectivity index (χ1n) is 5.30. The van der Waals surface area contributed by atoms with E-state index >= 15 is 0 Å². The van der Waals surface area contributed by atoms with Gasteiger partial charge >= 0.3 is 0 Å². The van der Waals surface area contributed by atoms with E-state index in [0.717, 1.165) is 6.42 Å². The van der Waals surface area contributed by atoms with Crippen LogP contribution in [0.5, 0.6) is 0 Å². The average Bonchev–Trinajstić information content (AvgIpc) is 2.23. The molecule has 0 aromatic carbocycles. The molecule has 0 aliphatic heterocycles. The van der Waals surface area contributed by atoms with Gasteiger partial charge in [0, 0.05) is 4.83 Å². The van der Waals surface area contributed by atoms with Crippen LogP contribution in [0, 0.1) is 0 Å². The van der Waals surface area contributed by atoms with Crippen molar-refractivity contribution in [3.05, 3.63) is 0 Å². The Kier molecular flexibility index (Phi) is 9.77. The Hall–Kier alpha value is 2.36. The summed E-state index contributed by atoms with van der Waals surface area (Å²) in [6.07, 6.45) is 6.02. The van der Waals surface area contributed by atoms with E-state index in [2.05, 4.69) is 86.6 Å². The van der Waals surface area contributed by atoms with Gasteiger partial charge in [-0.05, 0) is 6.42 Å². The van der Waals surface area contributed by atoms with E-state index < -0.39 is 6.47 Å². The summed E-state index contributed by atoms with van der Waals surface area (Å²) in [6, 6.07) is 0. The van der Waals surface area contributed by atoms with Crippen molar-refractivity contribution in [2.75, 3.05) is 6.61 Å². The highest BCUT2D eigenvalue weighted by molar-refractivity contribution is 9.30. The van der Waals surface area contributed by atoms with Gasteiger partial charge < -0.3 is 5.11 Å². The minimum atomic E-state index is -0.577. The van der Waals surface area contributed by atoms with Crippen LogP contribution in [0.2, 0.25) is 0 Å². The molecule has 1 nitrogen and oxygen atoms in total. The van der Waals surface area contributed by atoms with Gasteiger partial charge in [-0.15, -0.1) is 0 Å². The van der Waals surface area contributed by atoms with Gasteiger partial charge in [0.25, 0.3) is 0 Å². The minimum Gasteiger partial charge on any atom is -0.394 e. The van der Waals surface area contributed by atoms with E-state index in [-0.39, 0.29) is 11.4 Å². The highest BCUT2D eigenvalue weighted by atomic mass is 79.9. The molecule has 0 spiro atoms. The molecular weight excluding hydrogens is 536 g/mol. The molecule has 0 bridgehead atoms. The SMILES string of the molecule is CCCCCCC(Br)C(Br)(Br)C(Br)(Br)CO. The topological polar surface area (TPSA) is 20.2 Å². The molecule has 0 rings (SSSR count). The molecule has 98 valence electrons. The van der Waals surface area contributed by atoms with Gasteiger partial charge in [0.2, 0.25) is 0 Å². The summed E-state index contributed by atoms with van der Waals surface area (Å²) in [5.74, 6) is 0. The second-order valence-corrected chi connectivity index (χ2v) is 12.2. The maximum atomic E-state index is 9.31. The van der Waals surface area contributed by atoms with Gasteiger partial charge in [-0.1, -0.05) is 112 Å². The van der Waals surface area contributed by atoms with Crippen molar-refractivity contribution >= 4 is 79.6 Å². The number of alkyl halides is 5. The van der Waals surface area contributed by atoms with Crippen LogP contribution in [0.4, 0.5) is 0 Å². The van der Waals surface area contributed by atoms with Crippen molar-refractivity contribution in [2.45, 2.75) is 50.3 Å². The molecule has 16 heavy (non-hydrogen) atoms. The monoisotopic (exact) mass is 548 g/mol. The molecule has 0 radical (unpaired) electrons. The summed E-state index contributed by atoms with van der Waals surface area (Å²) in [6.45, 7) is 2.19. The third-order valence-electron chi connectivity index (χ3n) is 2.39. The molecule has 0 heterocycles. The van der Waals surface area contributed by atoms with Crippen molar-refractivity contribution in [1.29, 1.82) is 0 Å². The van der Waals surface area contributed by atoms with E-state index in [1.165, 1.54) is 25.7 Å². The van der Waals surface area contributed by atoms with Crippen molar-refractivity contribution in [3.63, 3.8) is 0 Å². The molecule has 1 atom stereocenters. The lowest BCUT2D eigenvalue weighted by atomic mass is 10.1. The fourth-order valence-corrected chi connectivity index (χ4v) is 3.86. The molecule has 1 unspecified atom stereocenters. The largest absolute Gasteiger partial charge is 0.394 e. The van der Waals surface area contributed by atoms with Crippen LogP contribution in [0.3, 0.4) is 0 Å². The third-order valence-corrected chi connectivity index (χ3v) is 11.1. The van der Waals surface area contributed by atoms with Crippen LogP contribution in [0.25, 0.3) is 0 Å². The van der Waals surface area contributed by atoms with E-state index in [4.69, 9.17) is 0 Å². The van der Waals surface area contributed by atoms with Gasteiger partial charge in [-0.25, -0.2) is 0 Å². The third kappa shape index (κ3) is 5.55. The number of aliphatic hydroxyl groups excluding tert-OH is 1. The van der Waals surface area contributed by atoms with E-state index in [0.29, 0.717) is 0 Å². The van der Waals surface area contributed by atoms with Crippen molar-refractivity contribution in [2.24, 2.45) is 0 Å². The summed E-state index contributed by atoms with van der Waals surface area (Å²) in [4.78, 5) is 0.225. The molecule has 0 aromatic rings. The van der Waals surface area contributed by atoms with E-state index in [9.17, 15) is 5.11 Å². The molecule has 1 N–H and O–H groups in total. The molecule has 0 aliphatic rings. The number of hydrogen-bond acceptors (Lipinski definition) is 1. The summed E-state index contributed by atoms with van der Waals surface area (Å²) >= 11 is 17.8. The zero-order valence-corrected chi connectivity index (χ0v) is 17.1. The van der Waals surface area contributed by atoms with Crippen LogP contribution in [0.15, 0.2) is 0 Å². The quantitative estimate of drug-likeness (QED) is 0.303. The normalized spacial score (nSPS) is 15.2. The lowest BCUT2D eigenvalue weighted by Gasteiger charge is -2.37. The van der Waals surface area contributed by atoms with Gasteiger partial charge in [0.15, 0.2) is 0 Å². The molecule has 0 amide bonds. The summed E-state index contributed by atoms with van der Waals surface area (Å²) in [5, 5.41) is 9.31. The second-order valence-electron chi connectivity index (χ2n) is 3.80. The Bertz CT molecular complexity index is 196. The molecule has 0 fully saturated rings. The van der Waals surface area contributed by atoms with Crippen LogP contribution < -0.4 is 0 Å². The first kappa shape index (κ1) is 18.4. The Labute approximate surface area is 140 Å². The van der Waals surface area contributed by atoms with Gasteiger partial charge in [-0.2, -0.15) is 0 Å². The molecule has 0 aromatic heterocycles.